The number of nitrogens with zero attached hydrogens (tertiary/aromatic N) is 1. The van der Waals surface area contributed by atoms with E-state index in [1.54, 1.807) is 0 Å². The molecule has 2 nitrogen and oxygen atoms in total. The number of rotatable bonds is 2. The van der Waals surface area contributed by atoms with Crippen molar-refractivity contribution in [2.75, 3.05) is 7.05 Å². The average Bonchev–Trinajstić information content (AvgIpc) is 2.16. The number of hydrogen-bond donors (Lipinski definition) is 1. The summed E-state index contributed by atoms with van der Waals surface area (Å²) in [6, 6.07) is 0. The lowest BCUT2D eigenvalue weighted by Gasteiger charge is -2.24. The summed E-state index contributed by atoms with van der Waals surface area (Å²) in [5.74, 6) is 0. The monoisotopic (exact) mass is 164 g/mol. The summed E-state index contributed by atoms with van der Waals surface area (Å²) in [6.07, 6.45) is 9.31. The van der Waals surface area contributed by atoms with E-state index in [1.165, 1.54) is 11.3 Å². The van der Waals surface area contributed by atoms with Crippen molar-refractivity contribution in [3.05, 3.63) is 35.7 Å². The minimum absolute atomic E-state index is 1.09. The first-order valence-electron chi connectivity index (χ1n) is 4.30. The Labute approximate surface area is 74.2 Å². The lowest BCUT2D eigenvalue weighted by Crippen LogP contribution is -2.30. The Morgan fingerprint density at radius 3 is 2.83 bits per heavy atom. The summed E-state index contributed by atoms with van der Waals surface area (Å²) in [5.41, 5.74) is 5.75. The van der Waals surface area contributed by atoms with Crippen LogP contribution in [0.15, 0.2) is 35.7 Å². The second-order valence-electron chi connectivity index (χ2n) is 2.81. The van der Waals surface area contributed by atoms with Crippen LogP contribution in [0.1, 0.15) is 20.3 Å². The highest BCUT2D eigenvalue weighted by molar-refractivity contribution is 5.30. The van der Waals surface area contributed by atoms with E-state index in [0.29, 0.717) is 0 Å². The molecule has 1 heterocycles. The van der Waals surface area contributed by atoms with Gasteiger partial charge in [-0.05, 0) is 31.1 Å². The molecule has 66 valence electrons. The van der Waals surface area contributed by atoms with E-state index in [2.05, 4.69) is 31.4 Å². The summed E-state index contributed by atoms with van der Waals surface area (Å²) in [7, 11) is 1.92. The van der Waals surface area contributed by atoms with Crippen LogP contribution in [0.25, 0.3) is 0 Å². The third-order valence-electron chi connectivity index (χ3n) is 2.07. The molecule has 1 aliphatic heterocycles. The maximum Gasteiger partial charge on any atom is 0.0559 e. The molecule has 0 fully saturated rings. The Morgan fingerprint density at radius 1 is 1.50 bits per heavy atom. The van der Waals surface area contributed by atoms with Crippen molar-refractivity contribution in [1.82, 2.24) is 10.4 Å². The molecule has 0 saturated heterocycles. The topological polar surface area (TPSA) is 15.3 Å². The van der Waals surface area contributed by atoms with Crippen molar-refractivity contribution in [2.24, 2.45) is 0 Å². The summed E-state index contributed by atoms with van der Waals surface area (Å²) in [5, 5.41) is 2.03. The minimum atomic E-state index is 1.09. The molecule has 0 amide bonds. The molecular formula is C10H16N2. The van der Waals surface area contributed by atoms with Crippen LogP contribution in [-0.4, -0.2) is 12.1 Å². The van der Waals surface area contributed by atoms with Gasteiger partial charge in [-0.1, -0.05) is 13.0 Å². The van der Waals surface area contributed by atoms with E-state index in [1.807, 2.05) is 24.3 Å². The Kier molecular flexibility index (Phi) is 3.11. The molecule has 12 heavy (non-hydrogen) atoms. The number of hydrazine groups is 1. The predicted molar refractivity (Wildman–Crippen MR) is 52.2 cm³/mol. The molecule has 0 spiro atoms. The van der Waals surface area contributed by atoms with Crippen LogP contribution >= 0.6 is 0 Å². The summed E-state index contributed by atoms with van der Waals surface area (Å²) >= 11 is 0. The van der Waals surface area contributed by atoms with Gasteiger partial charge in [-0.25, -0.2) is 5.43 Å². The van der Waals surface area contributed by atoms with Gasteiger partial charge in [0.2, 0.25) is 0 Å². The zero-order valence-corrected chi connectivity index (χ0v) is 7.96. The van der Waals surface area contributed by atoms with Crippen LogP contribution in [0.2, 0.25) is 0 Å². The number of allylic oxidation sites excluding steroid dienone is 4. The largest absolute Gasteiger partial charge is 0.285 e. The van der Waals surface area contributed by atoms with Gasteiger partial charge < -0.3 is 0 Å². The van der Waals surface area contributed by atoms with Gasteiger partial charge in [0.1, 0.15) is 0 Å². The van der Waals surface area contributed by atoms with Crippen LogP contribution in [0.5, 0.6) is 0 Å². The molecule has 1 N–H and O–H groups in total. The van der Waals surface area contributed by atoms with Crippen LogP contribution in [0, 0.1) is 0 Å². The van der Waals surface area contributed by atoms with Gasteiger partial charge in [0.25, 0.3) is 0 Å². The molecule has 0 atom stereocenters. The molecule has 0 aliphatic carbocycles. The van der Waals surface area contributed by atoms with Crippen molar-refractivity contribution < 1.29 is 0 Å². The maximum absolute atomic E-state index is 3.11. The molecule has 0 bridgehead atoms. The smallest absolute Gasteiger partial charge is 0.0559 e. The van der Waals surface area contributed by atoms with E-state index >= 15 is 0 Å². The van der Waals surface area contributed by atoms with E-state index in [0.717, 1.165) is 6.42 Å². The molecular weight excluding hydrogens is 148 g/mol. The highest BCUT2D eigenvalue weighted by atomic mass is 15.5. The van der Waals surface area contributed by atoms with Gasteiger partial charge >= 0.3 is 0 Å². The third-order valence-corrected chi connectivity index (χ3v) is 2.07. The van der Waals surface area contributed by atoms with Gasteiger partial charge in [-0.2, -0.15) is 0 Å². The molecule has 1 rings (SSSR count). The first-order valence-corrected chi connectivity index (χ1v) is 4.30. The van der Waals surface area contributed by atoms with Crippen LogP contribution in [0.3, 0.4) is 0 Å². The second-order valence-corrected chi connectivity index (χ2v) is 2.81. The molecule has 1 aliphatic rings. The van der Waals surface area contributed by atoms with Crippen LogP contribution in [0.4, 0.5) is 0 Å². The molecule has 0 aromatic rings. The van der Waals surface area contributed by atoms with Gasteiger partial charge in [-0.15, -0.1) is 0 Å². The van der Waals surface area contributed by atoms with Crippen molar-refractivity contribution in [3.8, 4) is 0 Å². The van der Waals surface area contributed by atoms with Gasteiger partial charge in [-0.3, -0.25) is 5.01 Å². The highest BCUT2D eigenvalue weighted by Crippen LogP contribution is 2.15. The van der Waals surface area contributed by atoms with Gasteiger partial charge in [0.15, 0.2) is 0 Å². The molecule has 0 aromatic heterocycles. The fraction of sp³-hybridized carbons (Fsp3) is 0.400. The SMILES string of the molecule is CC/C(C)=C1\C=CC=CN1NC. The fourth-order valence-corrected chi connectivity index (χ4v) is 1.17. The predicted octanol–water partition coefficient (Wildman–Crippen LogP) is 2.19. The zero-order chi connectivity index (χ0) is 8.97. The normalized spacial score (nSPS) is 20.1. The van der Waals surface area contributed by atoms with Crippen molar-refractivity contribution in [3.63, 3.8) is 0 Å². The van der Waals surface area contributed by atoms with Crippen LogP contribution < -0.4 is 5.43 Å². The molecule has 0 saturated carbocycles. The highest BCUT2D eigenvalue weighted by Gasteiger charge is 2.06. The lowest BCUT2D eigenvalue weighted by atomic mass is 10.1. The quantitative estimate of drug-likeness (QED) is 0.673. The zero-order valence-electron chi connectivity index (χ0n) is 7.96. The third kappa shape index (κ3) is 1.77. The lowest BCUT2D eigenvalue weighted by molar-refractivity contribution is 0.378. The molecule has 0 aromatic carbocycles. The van der Waals surface area contributed by atoms with Gasteiger partial charge in [0, 0.05) is 13.2 Å². The molecule has 2 heteroatoms. The number of nitrogens with one attached hydrogen (secondary N) is 1. The minimum Gasteiger partial charge on any atom is -0.285 e. The Bertz CT molecular complexity index is 236. The van der Waals surface area contributed by atoms with E-state index in [4.69, 9.17) is 0 Å². The first-order chi connectivity index (χ1) is 5.79. The summed E-state index contributed by atoms with van der Waals surface area (Å²) in [4.78, 5) is 0. The average molecular weight is 164 g/mol. The number of hydrogen-bond acceptors (Lipinski definition) is 2. The molecule has 0 radical (unpaired) electrons. The Morgan fingerprint density at radius 2 is 2.25 bits per heavy atom. The van der Waals surface area contributed by atoms with Crippen molar-refractivity contribution in [2.45, 2.75) is 20.3 Å². The second kappa shape index (κ2) is 4.12. The Hall–Kier alpha value is -1.02. The van der Waals surface area contributed by atoms with Crippen molar-refractivity contribution in [1.29, 1.82) is 0 Å². The van der Waals surface area contributed by atoms with E-state index in [9.17, 15) is 0 Å². The standard InChI is InChI=1S/C10H16N2/c1-4-9(2)10-7-5-6-8-12(10)11-3/h5-8,11H,4H2,1-3H3/b10-9+. The summed E-state index contributed by atoms with van der Waals surface area (Å²) in [6.45, 7) is 4.32. The van der Waals surface area contributed by atoms with Gasteiger partial charge in [0.05, 0.1) is 5.70 Å². The van der Waals surface area contributed by atoms with Crippen LogP contribution in [-0.2, 0) is 0 Å². The molecule has 0 unspecified atom stereocenters. The van der Waals surface area contributed by atoms with Crippen molar-refractivity contribution >= 4 is 0 Å². The maximum atomic E-state index is 3.11. The summed E-state index contributed by atoms with van der Waals surface area (Å²) < 4.78 is 0. The van der Waals surface area contributed by atoms with E-state index < -0.39 is 0 Å². The fourth-order valence-electron chi connectivity index (χ4n) is 1.17. The first kappa shape index (κ1) is 9.07. The Balaban J connectivity index is 2.89. The van der Waals surface area contributed by atoms with E-state index in [-0.39, 0.29) is 0 Å².